The van der Waals surface area contributed by atoms with Gasteiger partial charge < -0.3 is 0 Å². The third-order valence-electron chi connectivity index (χ3n) is 2.97. The predicted molar refractivity (Wildman–Crippen MR) is 85.0 cm³/mol. The first-order valence-corrected chi connectivity index (χ1v) is 7.76. The van der Waals surface area contributed by atoms with Crippen molar-refractivity contribution in [2.24, 2.45) is 5.10 Å². The minimum absolute atomic E-state index is 0.736. The Kier molecular flexibility index (Phi) is 3.45. The zero-order valence-corrected chi connectivity index (χ0v) is 13.0. The number of aromatic nitrogens is 3. The number of hydrogen-bond donors (Lipinski definition) is 1. The summed E-state index contributed by atoms with van der Waals surface area (Å²) in [4.78, 5) is 15.1. The van der Waals surface area contributed by atoms with Crippen LogP contribution in [-0.4, -0.2) is 21.2 Å². The van der Waals surface area contributed by atoms with Gasteiger partial charge in [-0.25, -0.2) is 15.0 Å². The monoisotopic (exact) mass is 303 g/mol. The van der Waals surface area contributed by atoms with Crippen molar-refractivity contribution in [1.29, 1.82) is 0 Å². The number of nitrogens with zero attached hydrogens (tertiary/aromatic N) is 4. The minimum atomic E-state index is 0.736. The van der Waals surface area contributed by atoms with Crippen LogP contribution in [-0.2, 0) is 0 Å². The number of nitrogens with one attached hydrogen (secondary N) is 1. The summed E-state index contributed by atoms with van der Waals surface area (Å²) >= 11 is 3.28. The number of anilines is 1. The van der Waals surface area contributed by atoms with Crippen LogP contribution in [0.4, 0.5) is 5.82 Å². The van der Waals surface area contributed by atoms with Gasteiger partial charge in [-0.3, -0.25) is 5.43 Å². The van der Waals surface area contributed by atoms with Crippen molar-refractivity contribution in [3.63, 3.8) is 0 Å². The molecule has 3 aromatic heterocycles. The van der Waals surface area contributed by atoms with Gasteiger partial charge >= 0.3 is 0 Å². The fourth-order valence-corrected chi connectivity index (χ4v) is 3.43. The van der Waals surface area contributed by atoms with E-state index in [1.165, 1.54) is 10.4 Å². The Morgan fingerprint density at radius 2 is 2.10 bits per heavy atom. The number of rotatable bonds is 3. The minimum Gasteiger partial charge on any atom is -0.261 e. The average Bonchev–Trinajstić information content (AvgIpc) is 2.95. The van der Waals surface area contributed by atoms with Gasteiger partial charge in [0.1, 0.15) is 11.2 Å². The Hall–Kier alpha value is -1.86. The molecule has 0 atom stereocenters. The zero-order valence-electron chi connectivity index (χ0n) is 11.3. The second-order valence-corrected chi connectivity index (χ2v) is 6.61. The molecular weight excluding hydrogens is 290 g/mol. The van der Waals surface area contributed by atoms with Crippen molar-refractivity contribution in [3.8, 4) is 0 Å². The van der Waals surface area contributed by atoms with Crippen LogP contribution < -0.4 is 5.43 Å². The molecule has 0 aliphatic carbocycles. The maximum Gasteiger partial charge on any atom is 0.158 e. The maximum atomic E-state index is 4.32. The standard InChI is InChI=1S/C13H13N5S2/c1-7-8(2)20-13-11(7)12(14-6-15-13)18-16-4-10-5-19-9(3)17-10/h4-6H,1-3H3,(H,14,15,18)/b16-4+. The van der Waals surface area contributed by atoms with E-state index >= 15 is 0 Å². The van der Waals surface area contributed by atoms with Crippen molar-refractivity contribution in [2.75, 3.05) is 5.43 Å². The summed E-state index contributed by atoms with van der Waals surface area (Å²) in [5, 5.41) is 8.25. The Morgan fingerprint density at radius 1 is 1.25 bits per heavy atom. The smallest absolute Gasteiger partial charge is 0.158 e. The molecule has 20 heavy (non-hydrogen) atoms. The van der Waals surface area contributed by atoms with E-state index in [0.717, 1.165) is 26.7 Å². The fourth-order valence-electron chi connectivity index (χ4n) is 1.87. The summed E-state index contributed by atoms with van der Waals surface area (Å²) in [7, 11) is 0. The van der Waals surface area contributed by atoms with Crippen LogP contribution in [0, 0.1) is 20.8 Å². The Morgan fingerprint density at radius 3 is 2.85 bits per heavy atom. The Balaban J connectivity index is 1.89. The SMILES string of the molecule is Cc1nc(/C=N/Nc2ncnc3sc(C)c(C)c23)cs1. The molecule has 3 rings (SSSR count). The second-order valence-electron chi connectivity index (χ2n) is 4.35. The summed E-state index contributed by atoms with van der Waals surface area (Å²) in [6, 6.07) is 0. The van der Waals surface area contributed by atoms with E-state index in [9.17, 15) is 0 Å². The van der Waals surface area contributed by atoms with Gasteiger partial charge in [-0.1, -0.05) is 0 Å². The highest BCUT2D eigenvalue weighted by Crippen LogP contribution is 2.32. The molecule has 3 heterocycles. The van der Waals surface area contributed by atoms with Crippen LogP contribution in [0.3, 0.4) is 0 Å². The van der Waals surface area contributed by atoms with Crippen LogP contribution >= 0.6 is 22.7 Å². The molecule has 0 spiro atoms. The third-order valence-corrected chi connectivity index (χ3v) is 4.88. The number of fused-ring (bicyclic) bond motifs is 1. The molecule has 1 N–H and O–H groups in total. The van der Waals surface area contributed by atoms with Gasteiger partial charge in [-0.15, -0.1) is 22.7 Å². The molecule has 0 aliphatic heterocycles. The number of aryl methyl sites for hydroxylation is 3. The van der Waals surface area contributed by atoms with Gasteiger partial charge in [0.15, 0.2) is 5.82 Å². The summed E-state index contributed by atoms with van der Waals surface area (Å²) in [5.74, 6) is 0.736. The van der Waals surface area contributed by atoms with E-state index in [0.29, 0.717) is 0 Å². The van der Waals surface area contributed by atoms with E-state index in [1.807, 2.05) is 12.3 Å². The quantitative estimate of drug-likeness (QED) is 0.594. The molecule has 5 nitrogen and oxygen atoms in total. The summed E-state index contributed by atoms with van der Waals surface area (Å²) in [6.07, 6.45) is 3.26. The van der Waals surface area contributed by atoms with E-state index in [4.69, 9.17) is 0 Å². The molecule has 0 fully saturated rings. The van der Waals surface area contributed by atoms with E-state index in [1.54, 1.807) is 35.2 Å². The molecule has 0 aliphatic rings. The van der Waals surface area contributed by atoms with Crippen molar-refractivity contribution in [2.45, 2.75) is 20.8 Å². The third kappa shape index (κ3) is 2.41. The highest BCUT2D eigenvalue weighted by atomic mass is 32.1. The molecule has 0 radical (unpaired) electrons. The van der Waals surface area contributed by atoms with E-state index in [-0.39, 0.29) is 0 Å². The molecular formula is C13H13N5S2. The van der Waals surface area contributed by atoms with Gasteiger partial charge in [-0.2, -0.15) is 5.10 Å². The molecule has 3 aromatic rings. The van der Waals surface area contributed by atoms with Gasteiger partial charge in [0.2, 0.25) is 0 Å². The van der Waals surface area contributed by atoms with Crippen LogP contribution in [0.5, 0.6) is 0 Å². The van der Waals surface area contributed by atoms with E-state index in [2.05, 4.69) is 39.3 Å². The molecule has 0 aromatic carbocycles. The number of hydrogen-bond acceptors (Lipinski definition) is 7. The van der Waals surface area contributed by atoms with Crippen molar-refractivity contribution >= 4 is 44.9 Å². The summed E-state index contributed by atoms with van der Waals surface area (Å²) in [5.41, 5.74) is 5.04. The number of thiazole rings is 1. The highest BCUT2D eigenvalue weighted by Gasteiger charge is 2.11. The molecule has 102 valence electrons. The van der Waals surface area contributed by atoms with Crippen LogP contribution in [0.2, 0.25) is 0 Å². The van der Waals surface area contributed by atoms with Crippen molar-refractivity contribution in [3.05, 3.63) is 32.8 Å². The van der Waals surface area contributed by atoms with Crippen LogP contribution in [0.15, 0.2) is 16.8 Å². The Labute approximate surface area is 124 Å². The average molecular weight is 303 g/mol. The Bertz CT molecular complexity index is 787. The second kappa shape index (κ2) is 5.26. The lowest BCUT2D eigenvalue weighted by Crippen LogP contribution is -1.95. The van der Waals surface area contributed by atoms with Gasteiger partial charge in [0.05, 0.1) is 22.3 Å². The number of hydrazone groups is 1. The zero-order chi connectivity index (χ0) is 14.1. The fraction of sp³-hybridized carbons (Fsp3) is 0.231. The first kappa shape index (κ1) is 13.1. The normalized spacial score (nSPS) is 11.6. The molecule has 0 unspecified atom stereocenters. The van der Waals surface area contributed by atoms with Gasteiger partial charge in [-0.05, 0) is 26.3 Å². The van der Waals surface area contributed by atoms with Crippen LogP contribution in [0.25, 0.3) is 10.2 Å². The molecule has 0 saturated heterocycles. The van der Waals surface area contributed by atoms with Crippen LogP contribution in [0.1, 0.15) is 21.1 Å². The lowest BCUT2D eigenvalue weighted by atomic mass is 10.2. The van der Waals surface area contributed by atoms with Crippen molar-refractivity contribution < 1.29 is 0 Å². The predicted octanol–water partition coefficient (Wildman–Crippen LogP) is 3.52. The highest BCUT2D eigenvalue weighted by molar-refractivity contribution is 7.18. The summed E-state index contributed by atoms with van der Waals surface area (Å²) in [6.45, 7) is 6.14. The molecule has 7 heteroatoms. The van der Waals surface area contributed by atoms with Crippen molar-refractivity contribution in [1.82, 2.24) is 15.0 Å². The topological polar surface area (TPSA) is 63.1 Å². The first-order chi connectivity index (χ1) is 9.65. The first-order valence-electron chi connectivity index (χ1n) is 6.07. The lowest BCUT2D eigenvalue weighted by molar-refractivity contribution is 1.18. The maximum absolute atomic E-state index is 4.32. The molecule has 0 amide bonds. The van der Waals surface area contributed by atoms with E-state index < -0.39 is 0 Å². The lowest BCUT2D eigenvalue weighted by Gasteiger charge is -2.01. The number of thiophene rings is 1. The largest absolute Gasteiger partial charge is 0.261 e. The molecule has 0 bridgehead atoms. The van der Waals surface area contributed by atoms with Gasteiger partial charge in [0.25, 0.3) is 0 Å². The summed E-state index contributed by atoms with van der Waals surface area (Å²) < 4.78 is 0. The van der Waals surface area contributed by atoms with Gasteiger partial charge in [0, 0.05) is 10.3 Å². The molecule has 0 saturated carbocycles.